The number of nitrogens with one attached hydrogen (secondary N) is 1. The average molecular weight is 377 g/mol. The molecule has 0 saturated carbocycles. The van der Waals surface area contributed by atoms with E-state index in [1.165, 1.54) is 0 Å². The summed E-state index contributed by atoms with van der Waals surface area (Å²) in [6.45, 7) is 1.17. The van der Waals surface area contributed by atoms with Crippen LogP contribution < -0.4 is 10.1 Å². The maximum absolute atomic E-state index is 12.7. The number of nitrogens with zero attached hydrogens (tertiary/aromatic N) is 2. The number of amides is 1. The third-order valence-corrected chi connectivity index (χ3v) is 4.79. The highest BCUT2D eigenvalue weighted by atomic mass is 16.5. The largest absolute Gasteiger partial charge is 0.490 e. The van der Waals surface area contributed by atoms with Gasteiger partial charge in [0.15, 0.2) is 0 Å². The third-order valence-electron chi connectivity index (χ3n) is 4.79. The third kappa shape index (κ3) is 4.40. The lowest BCUT2D eigenvalue weighted by Crippen LogP contribution is -2.27. The zero-order valence-corrected chi connectivity index (χ0v) is 15.5. The highest BCUT2D eigenvalue weighted by Crippen LogP contribution is 2.33. The number of ether oxygens (including phenoxy) is 2. The van der Waals surface area contributed by atoms with Crippen molar-refractivity contribution in [3.8, 4) is 5.75 Å². The summed E-state index contributed by atoms with van der Waals surface area (Å²) < 4.78 is 13.8. The Kier molecular flexibility index (Phi) is 5.68. The molecule has 4 rings (SSSR count). The van der Waals surface area contributed by atoms with Gasteiger partial charge >= 0.3 is 0 Å². The van der Waals surface area contributed by atoms with E-state index in [4.69, 9.17) is 9.47 Å². The Balaban J connectivity index is 1.34. The first-order chi connectivity index (χ1) is 13.8. The van der Waals surface area contributed by atoms with Crippen molar-refractivity contribution in [3.05, 3.63) is 78.9 Å². The van der Waals surface area contributed by atoms with Gasteiger partial charge < -0.3 is 19.4 Å². The van der Waals surface area contributed by atoms with E-state index in [2.05, 4.69) is 10.3 Å². The van der Waals surface area contributed by atoms with E-state index in [1.54, 1.807) is 12.5 Å². The van der Waals surface area contributed by atoms with Gasteiger partial charge in [-0.25, -0.2) is 4.98 Å². The molecule has 2 heterocycles. The summed E-state index contributed by atoms with van der Waals surface area (Å²) in [6.07, 6.45) is 6.43. The van der Waals surface area contributed by atoms with Crippen LogP contribution in [0, 0.1) is 0 Å². The van der Waals surface area contributed by atoms with Crippen molar-refractivity contribution in [1.82, 2.24) is 9.55 Å². The molecule has 1 N–H and O–H groups in total. The van der Waals surface area contributed by atoms with Gasteiger partial charge in [0.05, 0.1) is 24.7 Å². The highest BCUT2D eigenvalue weighted by molar-refractivity contribution is 5.95. The van der Waals surface area contributed by atoms with E-state index < -0.39 is 6.10 Å². The maximum atomic E-state index is 12.7. The van der Waals surface area contributed by atoms with Crippen LogP contribution in [0.15, 0.2) is 73.3 Å². The predicted molar refractivity (Wildman–Crippen MR) is 106 cm³/mol. The van der Waals surface area contributed by atoms with Crippen LogP contribution in [0.1, 0.15) is 24.5 Å². The summed E-state index contributed by atoms with van der Waals surface area (Å²) in [7, 11) is 0. The number of aromatic nitrogens is 2. The van der Waals surface area contributed by atoms with Crippen molar-refractivity contribution >= 4 is 11.6 Å². The molecule has 0 aliphatic carbocycles. The number of hydrogen-bond donors (Lipinski definition) is 1. The molecule has 6 heteroatoms. The number of anilines is 1. The second-order valence-corrected chi connectivity index (χ2v) is 6.74. The molecule has 1 aliphatic heterocycles. The van der Waals surface area contributed by atoms with E-state index in [-0.39, 0.29) is 12.0 Å². The van der Waals surface area contributed by atoms with E-state index in [0.717, 1.165) is 12.0 Å². The van der Waals surface area contributed by atoms with Crippen LogP contribution in [0.5, 0.6) is 5.75 Å². The number of carbonyl (C=O) groups excluding carboxylic acids is 1. The SMILES string of the molecule is O=C(Nc1ccccc1OCCn1ccnc1)[C@H]1CC[C@@H](c2ccccc2)O1. The Bertz CT molecular complexity index is 896. The van der Waals surface area contributed by atoms with Gasteiger partial charge in [-0.3, -0.25) is 4.79 Å². The minimum atomic E-state index is -0.454. The molecule has 1 aromatic heterocycles. The molecule has 0 radical (unpaired) electrons. The summed E-state index contributed by atoms with van der Waals surface area (Å²) in [4.78, 5) is 16.7. The van der Waals surface area contributed by atoms with Crippen LogP contribution in [-0.4, -0.2) is 28.2 Å². The van der Waals surface area contributed by atoms with Crippen LogP contribution in [-0.2, 0) is 16.1 Å². The fourth-order valence-electron chi connectivity index (χ4n) is 3.33. The molecular formula is C22H23N3O3. The normalized spacial score (nSPS) is 18.7. The molecule has 2 atom stereocenters. The van der Waals surface area contributed by atoms with Crippen LogP contribution in [0.3, 0.4) is 0 Å². The van der Waals surface area contributed by atoms with Crippen molar-refractivity contribution in [2.75, 3.05) is 11.9 Å². The second-order valence-electron chi connectivity index (χ2n) is 6.74. The molecule has 6 nitrogen and oxygen atoms in total. The van der Waals surface area contributed by atoms with Gasteiger partial charge in [-0.1, -0.05) is 42.5 Å². The molecule has 144 valence electrons. The van der Waals surface area contributed by atoms with Crippen LogP contribution >= 0.6 is 0 Å². The Morgan fingerprint density at radius 3 is 2.79 bits per heavy atom. The Morgan fingerprint density at radius 2 is 1.96 bits per heavy atom. The van der Waals surface area contributed by atoms with Crippen LogP contribution in [0.4, 0.5) is 5.69 Å². The Labute approximate surface area is 164 Å². The first-order valence-corrected chi connectivity index (χ1v) is 9.48. The zero-order valence-electron chi connectivity index (χ0n) is 15.5. The van der Waals surface area contributed by atoms with E-state index in [1.807, 2.05) is 65.4 Å². The summed E-state index contributed by atoms with van der Waals surface area (Å²) in [5.41, 5.74) is 1.77. The van der Waals surface area contributed by atoms with E-state index in [0.29, 0.717) is 31.0 Å². The summed E-state index contributed by atoms with van der Waals surface area (Å²) in [5, 5.41) is 2.96. The number of para-hydroxylation sites is 2. The standard InChI is InChI=1S/C22H23N3O3/c26-22(21-11-10-19(28-21)17-6-2-1-3-7-17)24-18-8-4-5-9-20(18)27-15-14-25-13-12-23-16-25/h1-9,12-13,16,19,21H,10-11,14-15H2,(H,24,26)/t19-,21+/m0/s1. The van der Waals surface area contributed by atoms with E-state index in [9.17, 15) is 4.79 Å². The molecule has 1 aliphatic rings. The molecule has 1 fully saturated rings. The van der Waals surface area contributed by atoms with Crippen LogP contribution in [0.2, 0.25) is 0 Å². The highest BCUT2D eigenvalue weighted by Gasteiger charge is 2.31. The summed E-state index contributed by atoms with van der Waals surface area (Å²) in [6, 6.07) is 17.5. The van der Waals surface area contributed by atoms with Crippen molar-refractivity contribution in [1.29, 1.82) is 0 Å². The molecule has 2 aromatic carbocycles. The van der Waals surface area contributed by atoms with E-state index >= 15 is 0 Å². The number of hydrogen-bond acceptors (Lipinski definition) is 4. The Hall–Kier alpha value is -3.12. The van der Waals surface area contributed by atoms with Gasteiger partial charge in [0.2, 0.25) is 0 Å². The Morgan fingerprint density at radius 1 is 1.14 bits per heavy atom. The van der Waals surface area contributed by atoms with Gasteiger partial charge in [-0.2, -0.15) is 0 Å². The van der Waals surface area contributed by atoms with Crippen LogP contribution in [0.25, 0.3) is 0 Å². The number of carbonyl (C=O) groups is 1. The number of benzene rings is 2. The molecule has 0 bridgehead atoms. The molecular weight excluding hydrogens is 354 g/mol. The van der Waals surface area contributed by atoms with Crippen molar-refractivity contribution in [3.63, 3.8) is 0 Å². The predicted octanol–water partition coefficient (Wildman–Crippen LogP) is 3.82. The van der Waals surface area contributed by atoms with Gasteiger partial charge in [0.25, 0.3) is 5.91 Å². The maximum Gasteiger partial charge on any atom is 0.253 e. The number of imidazole rings is 1. The fourth-order valence-corrected chi connectivity index (χ4v) is 3.33. The van der Waals surface area contributed by atoms with Crippen molar-refractivity contribution in [2.45, 2.75) is 31.6 Å². The molecule has 3 aromatic rings. The zero-order chi connectivity index (χ0) is 19.2. The topological polar surface area (TPSA) is 65.4 Å². The minimum absolute atomic E-state index is 0.0291. The van der Waals surface area contributed by atoms with Gasteiger partial charge in [-0.15, -0.1) is 0 Å². The quantitative estimate of drug-likeness (QED) is 0.680. The minimum Gasteiger partial charge on any atom is -0.490 e. The molecule has 0 spiro atoms. The van der Waals surface area contributed by atoms with Gasteiger partial charge in [0, 0.05) is 12.4 Å². The van der Waals surface area contributed by atoms with Gasteiger partial charge in [0.1, 0.15) is 18.5 Å². The fraction of sp³-hybridized carbons (Fsp3) is 0.273. The lowest BCUT2D eigenvalue weighted by Gasteiger charge is -2.16. The molecule has 1 amide bonds. The lowest BCUT2D eigenvalue weighted by atomic mass is 10.1. The molecule has 0 unspecified atom stereocenters. The average Bonchev–Trinajstić information content (AvgIpc) is 3.42. The number of rotatable bonds is 7. The second kappa shape index (κ2) is 8.71. The summed E-state index contributed by atoms with van der Waals surface area (Å²) in [5.74, 6) is 0.512. The van der Waals surface area contributed by atoms with Crippen molar-refractivity contribution < 1.29 is 14.3 Å². The monoisotopic (exact) mass is 377 g/mol. The molecule has 28 heavy (non-hydrogen) atoms. The lowest BCUT2D eigenvalue weighted by molar-refractivity contribution is -0.126. The molecule has 1 saturated heterocycles. The van der Waals surface area contributed by atoms with Gasteiger partial charge in [-0.05, 0) is 30.5 Å². The summed E-state index contributed by atoms with van der Waals surface area (Å²) >= 11 is 0. The smallest absolute Gasteiger partial charge is 0.253 e. The first kappa shape index (κ1) is 18.3. The first-order valence-electron chi connectivity index (χ1n) is 9.48. The van der Waals surface area contributed by atoms with Crippen molar-refractivity contribution in [2.24, 2.45) is 0 Å².